The van der Waals surface area contributed by atoms with Crippen LogP contribution < -0.4 is 0 Å². The summed E-state index contributed by atoms with van der Waals surface area (Å²) in [6.07, 6.45) is 6.26. The van der Waals surface area contributed by atoms with Crippen LogP contribution >= 0.6 is 11.3 Å². The third-order valence-corrected chi connectivity index (χ3v) is 4.21. The smallest absolute Gasteiger partial charge is 0.264 e. The van der Waals surface area contributed by atoms with E-state index in [1.807, 2.05) is 17.5 Å². The van der Waals surface area contributed by atoms with Crippen molar-refractivity contribution in [3.63, 3.8) is 0 Å². The van der Waals surface area contributed by atoms with Gasteiger partial charge >= 0.3 is 0 Å². The quantitative estimate of drug-likeness (QED) is 0.787. The van der Waals surface area contributed by atoms with Crippen LogP contribution in [0.15, 0.2) is 17.5 Å². The van der Waals surface area contributed by atoms with E-state index in [4.69, 9.17) is 0 Å². The fourth-order valence-corrected chi connectivity index (χ4v) is 3.18. The van der Waals surface area contributed by atoms with Crippen LogP contribution in [-0.4, -0.2) is 23.4 Å². The summed E-state index contributed by atoms with van der Waals surface area (Å²) >= 11 is 1.55. The molecule has 0 atom stereocenters. The summed E-state index contributed by atoms with van der Waals surface area (Å²) in [7, 11) is 0. The Morgan fingerprint density at radius 3 is 2.75 bits per heavy atom. The lowest BCUT2D eigenvalue weighted by Crippen LogP contribution is -2.40. The van der Waals surface area contributed by atoms with E-state index in [2.05, 4.69) is 11.8 Å². The van der Waals surface area contributed by atoms with Crippen LogP contribution in [-0.2, 0) is 0 Å². The predicted octanol–water partition coefficient (Wildman–Crippen LogP) is 3.54. The van der Waals surface area contributed by atoms with Gasteiger partial charge in [-0.1, -0.05) is 25.3 Å². The van der Waals surface area contributed by atoms with Crippen LogP contribution in [0.4, 0.5) is 0 Å². The molecule has 1 aliphatic rings. The highest BCUT2D eigenvalue weighted by Crippen LogP contribution is 2.24. The molecular weight excluding hydrogens is 218 g/mol. The molecule has 0 saturated heterocycles. The molecule has 1 aromatic heterocycles. The van der Waals surface area contributed by atoms with Crippen molar-refractivity contribution >= 4 is 17.2 Å². The molecule has 2 rings (SSSR count). The molecule has 1 fully saturated rings. The van der Waals surface area contributed by atoms with Crippen molar-refractivity contribution in [3.05, 3.63) is 22.4 Å². The minimum atomic E-state index is 0.226. The Morgan fingerprint density at radius 2 is 2.19 bits per heavy atom. The van der Waals surface area contributed by atoms with Gasteiger partial charge in [-0.3, -0.25) is 4.79 Å². The summed E-state index contributed by atoms with van der Waals surface area (Å²) in [5.74, 6) is 0.226. The van der Waals surface area contributed by atoms with E-state index in [9.17, 15) is 4.79 Å². The van der Waals surface area contributed by atoms with Crippen molar-refractivity contribution in [1.82, 2.24) is 4.90 Å². The molecule has 1 aromatic rings. The van der Waals surface area contributed by atoms with E-state index in [0.717, 1.165) is 11.4 Å². The van der Waals surface area contributed by atoms with Crippen molar-refractivity contribution < 1.29 is 4.79 Å². The van der Waals surface area contributed by atoms with Crippen molar-refractivity contribution in [2.75, 3.05) is 6.54 Å². The lowest BCUT2D eigenvalue weighted by molar-refractivity contribution is 0.0653. The zero-order valence-electron chi connectivity index (χ0n) is 9.82. The summed E-state index contributed by atoms with van der Waals surface area (Å²) in [6, 6.07) is 4.36. The molecule has 1 saturated carbocycles. The number of amides is 1. The van der Waals surface area contributed by atoms with Gasteiger partial charge in [-0.05, 0) is 31.2 Å². The topological polar surface area (TPSA) is 20.3 Å². The molecule has 3 heteroatoms. The SMILES string of the molecule is CCN(C(=O)c1cccs1)C1CCCCC1. The average Bonchev–Trinajstić information content (AvgIpc) is 2.85. The summed E-state index contributed by atoms with van der Waals surface area (Å²) in [4.78, 5) is 15.2. The molecule has 0 aromatic carbocycles. The number of carbonyl (C=O) groups is 1. The van der Waals surface area contributed by atoms with Gasteiger partial charge in [-0.25, -0.2) is 0 Å². The number of hydrogen-bond donors (Lipinski definition) is 0. The lowest BCUT2D eigenvalue weighted by Gasteiger charge is -2.33. The Hall–Kier alpha value is -0.830. The van der Waals surface area contributed by atoms with Crippen molar-refractivity contribution in [3.8, 4) is 0 Å². The number of nitrogens with zero attached hydrogens (tertiary/aromatic N) is 1. The van der Waals surface area contributed by atoms with Crippen LogP contribution in [0, 0.1) is 0 Å². The standard InChI is InChI=1S/C13H19NOS/c1-2-14(11-7-4-3-5-8-11)13(15)12-9-6-10-16-12/h6,9-11H,2-5,7-8H2,1H3. The van der Waals surface area contributed by atoms with Crippen LogP contribution in [0.2, 0.25) is 0 Å². The summed E-state index contributed by atoms with van der Waals surface area (Å²) < 4.78 is 0. The van der Waals surface area contributed by atoms with Crippen LogP contribution in [0.25, 0.3) is 0 Å². The van der Waals surface area contributed by atoms with E-state index in [1.165, 1.54) is 32.1 Å². The second-order valence-corrected chi connectivity index (χ2v) is 5.31. The molecule has 0 bridgehead atoms. The summed E-state index contributed by atoms with van der Waals surface area (Å²) in [6.45, 7) is 2.92. The zero-order chi connectivity index (χ0) is 11.4. The monoisotopic (exact) mass is 237 g/mol. The molecule has 2 nitrogen and oxygen atoms in total. The summed E-state index contributed by atoms with van der Waals surface area (Å²) in [5.41, 5.74) is 0. The molecule has 0 radical (unpaired) electrons. The van der Waals surface area contributed by atoms with E-state index < -0.39 is 0 Å². The molecule has 0 N–H and O–H groups in total. The number of rotatable bonds is 3. The second-order valence-electron chi connectivity index (χ2n) is 4.36. The fourth-order valence-electron chi connectivity index (χ4n) is 2.50. The lowest BCUT2D eigenvalue weighted by atomic mass is 9.94. The first kappa shape index (κ1) is 11.6. The number of carbonyl (C=O) groups excluding carboxylic acids is 1. The first-order valence-corrected chi connectivity index (χ1v) is 7.05. The highest BCUT2D eigenvalue weighted by atomic mass is 32.1. The molecular formula is C13H19NOS. The van der Waals surface area contributed by atoms with Crippen LogP contribution in [0.3, 0.4) is 0 Å². The first-order chi connectivity index (χ1) is 7.83. The van der Waals surface area contributed by atoms with E-state index in [0.29, 0.717) is 6.04 Å². The Labute approximate surface area is 101 Å². The van der Waals surface area contributed by atoms with Crippen molar-refractivity contribution in [2.45, 2.75) is 45.1 Å². The van der Waals surface area contributed by atoms with E-state index in [1.54, 1.807) is 11.3 Å². The Bertz CT molecular complexity index is 328. The maximum Gasteiger partial charge on any atom is 0.264 e. The minimum absolute atomic E-state index is 0.226. The molecule has 88 valence electrons. The van der Waals surface area contributed by atoms with E-state index >= 15 is 0 Å². The molecule has 1 aliphatic carbocycles. The first-order valence-electron chi connectivity index (χ1n) is 6.17. The highest BCUT2D eigenvalue weighted by molar-refractivity contribution is 7.12. The molecule has 1 heterocycles. The van der Waals surface area contributed by atoms with Gasteiger partial charge in [-0.2, -0.15) is 0 Å². The Balaban J connectivity index is 2.06. The van der Waals surface area contributed by atoms with Gasteiger partial charge in [0.05, 0.1) is 4.88 Å². The highest BCUT2D eigenvalue weighted by Gasteiger charge is 2.25. The molecule has 16 heavy (non-hydrogen) atoms. The average molecular weight is 237 g/mol. The van der Waals surface area contributed by atoms with Gasteiger partial charge in [0, 0.05) is 12.6 Å². The third-order valence-electron chi connectivity index (χ3n) is 3.35. The van der Waals surface area contributed by atoms with Crippen LogP contribution in [0.1, 0.15) is 48.7 Å². The van der Waals surface area contributed by atoms with Crippen LogP contribution in [0.5, 0.6) is 0 Å². The predicted molar refractivity (Wildman–Crippen MR) is 67.9 cm³/mol. The Kier molecular flexibility index (Phi) is 3.99. The second kappa shape index (κ2) is 5.48. The molecule has 1 amide bonds. The van der Waals surface area contributed by atoms with Gasteiger partial charge in [0.2, 0.25) is 0 Å². The number of thiophene rings is 1. The van der Waals surface area contributed by atoms with Gasteiger partial charge < -0.3 is 4.90 Å². The molecule has 0 aliphatic heterocycles. The van der Waals surface area contributed by atoms with Gasteiger partial charge in [0.25, 0.3) is 5.91 Å². The largest absolute Gasteiger partial charge is 0.335 e. The zero-order valence-corrected chi connectivity index (χ0v) is 10.6. The van der Waals surface area contributed by atoms with Gasteiger partial charge in [0.1, 0.15) is 0 Å². The van der Waals surface area contributed by atoms with Crippen molar-refractivity contribution in [1.29, 1.82) is 0 Å². The molecule has 0 unspecified atom stereocenters. The third kappa shape index (κ3) is 2.46. The maximum absolute atomic E-state index is 12.3. The van der Waals surface area contributed by atoms with E-state index in [-0.39, 0.29) is 5.91 Å². The summed E-state index contributed by atoms with van der Waals surface area (Å²) in [5, 5.41) is 1.97. The normalized spacial score (nSPS) is 17.3. The Morgan fingerprint density at radius 1 is 1.44 bits per heavy atom. The van der Waals surface area contributed by atoms with Gasteiger partial charge in [-0.15, -0.1) is 11.3 Å². The molecule has 0 spiro atoms. The van der Waals surface area contributed by atoms with Crippen molar-refractivity contribution in [2.24, 2.45) is 0 Å². The minimum Gasteiger partial charge on any atom is -0.335 e. The van der Waals surface area contributed by atoms with Gasteiger partial charge in [0.15, 0.2) is 0 Å². The maximum atomic E-state index is 12.3. The number of hydrogen-bond acceptors (Lipinski definition) is 2. The fraction of sp³-hybridized carbons (Fsp3) is 0.615.